The van der Waals surface area contributed by atoms with Gasteiger partial charge in [0.15, 0.2) is 5.69 Å². The van der Waals surface area contributed by atoms with Crippen LogP contribution in [0.1, 0.15) is 35.7 Å². The maximum atomic E-state index is 13.6. The fraction of sp³-hybridized carbons (Fsp3) is 0.261. The van der Waals surface area contributed by atoms with Gasteiger partial charge >= 0.3 is 5.69 Å². The number of methoxy groups -OCH3 is 1. The van der Waals surface area contributed by atoms with E-state index in [9.17, 15) is 14.4 Å². The molecule has 0 bridgehead atoms. The molecule has 168 valence electrons. The van der Waals surface area contributed by atoms with Crippen LogP contribution in [-0.4, -0.2) is 22.6 Å². The van der Waals surface area contributed by atoms with Gasteiger partial charge in [0.2, 0.25) is 0 Å². The lowest BCUT2D eigenvalue weighted by molar-refractivity contribution is 0.0984. The van der Waals surface area contributed by atoms with Crippen LogP contribution in [0.5, 0.6) is 5.75 Å². The maximum absolute atomic E-state index is 13.6. The number of benzene rings is 2. The lowest BCUT2D eigenvalue weighted by atomic mass is 10.1. The van der Waals surface area contributed by atoms with Crippen LogP contribution in [0.3, 0.4) is 0 Å². The smallest absolute Gasteiger partial charge is 0.330 e. The van der Waals surface area contributed by atoms with Gasteiger partial charge in [0, 0.05) is 12.1 Å². The third-order valence-electron chi connectivity index (χ3n) is 5.09. The molecule has 2 aromatic carbocycles. The molecule has 0 unspecified atom stereocenters. The zero-order valence-electron chi connectivity index (χ0n) is 17.9. The summed E-state index contributed by atoms with van der Waals surface area (Å²) in [4.78, 5) is 42.4. The molecule has 0 atom stereocenters. The molecule has 0 spiro atoms. The lowest BCUT2D eigenvalue weighted by Gasteiger charge is -2.25. The van der Waals surface area contributed by atoms with Crippen LogP contribution < -0.4 is 26.6 Å². The number of aromatic nitrogens is 2. The molecular weight excluding hydrogens is 432 g/mol. The molecule has 3 rings (SSSR count). The number of carbonyl (C=O) groups is 1. The van der Waals surface area contributed by atoms with E-state index in [2.05, 4.69) is 4.98 Å². The number of para-hydroxylation sites is 1. The monoisotopic (exact) mass is 456 g/mol. The Kier molecular flexibility index (Phi) is 7.37. The Bertz CT molecular complexity index is 1240. The molecule has 3 N–H and O–H groups in total. The Morgan fingerprint density at radius 2 is 1.84 bits per heavy atom. The zero-order valence-corrected chi connectivity index (χ0v) is 18.7. The highest BCUT2D eigenvalue weighted by Crippen LogP contribution is 2.27. The van der Waals surface area contributed by atoms with Crippen LogP contribution in [0, 0.1) is 0 Å². The van der Waals surface area contributed by atoms with Crippen molar-refractivity contribution in [3.8, 4) is 5.75 Å². The van der Waals surface area contributed by atoms with Crippen molar-refractivity contribution in [1.82, 2.24) is 9.55 Å². The van der Waals surface area contributed by atoms with Crippen molar-refractivity contribution in [2.24, 2.45) is 0 Å². The summed E-state index contributed by atoms with van der Waals surface area (Å²) in [7, 11) is 1.52. The number of nitrogens with one attached hydrogen (secondary N) is 1. The van der Waals surface area contributed by atoms with E-state index in [1.165, 1.54) is 16.6 Å². The summed E-state index contributed by atoms with van der Waals surface area (Å²) in [6, 6.07) is 13.7. The molecule has 0 radical (unpaired) electrons. The summed E-state index contributed by atoms with van der Waals surface area (Å²) >= 11 is 6.27. The Hall–Kier alpha value is -3.52. The van der Waals surface area contributed by atoms with Gasteiger partial charge in [0.25, 0.3) is 11.5 Å². The molecule has 0 aliphatic heterocycles. The number of nitrogens with two attached hydrogens (primary N) is 1. The van der Waals surface area contributed by atoms with E-state index in [-0.39, 0.29) is 28.6 Å². The van der Waals surface area contributed by atoms with Gasteiger partial charge in [-0.15, -0.1) is 0 Å². The summed E-state index contributed by atoms with van der Waals surface area (Å²) in [5.41, 5.74) is 5.66. The average Bonchev–Trinajstić information content (AvgIpc) is 2.78. The average molecular weight is 457 g/mol. The van der Waals surface area contributed by atoms with Crippen molar-refractivity contribution < 1.29 is 9.53 Å². The van der Waals surface area contributed by atoms with E-state index in [1.807, 2.05) is 6.92 Å². The predicted molar refractivity (Wildman–Crippen MR) is 126 cm³/mol. The van der Waals surface area contributed by atoms with Gasteiger partial charge in [0.1, 0.15) is 11.6 Å². The van der Waals surface area contributed by atoms with E-state index in [1.54, 1.807) is 48.5 Å². The van der Waals surface area contributed by atoms with Crippen LogP contribution in [-0.2, 0) is 13.1 Å². The number of nitrogen functional groups attached to an aromatic ring is 1. The van der Waals surface area contributed by atoms with Crippen molar-refractivity contribution in [2.75, 3.05) is 17.7 Å². The Morgan fingerprint density at radius 3 is 2.53 bits per heavy atom. The van der Waals surface area contributed by atoms with Crippen LogP contribution in [0.2, 0.25) is 5.02 Å². The molecule has 0 saturated heterocycles. The molecule has 0 saturated carbocycles. The normalized spacial score (nSPS) is 10.7. The predicted octanol–water partition coefficient (Wildman–Crippen LogP) is 3.43. The Morgan fingerprint density at radius 1 is 1.16 bits per heavy atom. The van der Waals surface area contributed by atoms with Gasteiger partial charge in [-0.3, -0.25) is 24.0 Å². The van der Waals surface area contributed by atoms with Gasteiger partial charge in [-0.25, -0.2) is 4.79 Å². The highest BCUT2D eigenvalue weighted by atomic mass is 35.5. The fourth-order valence-corrected chi connectivity index (χ4v) is 3.63. The topological polar surface area (TPSA) is 110 Å². The van der Waals surface area contributed by atoms with E-state index < -0.39 is 17.2 Å². The van der Waals surface area contributed by atoms with E-state index in [4.69, 9.17) is 22.1 Å². The number of carbonyl (C=O) groups excluding carboxylic acids is 1. The second-order valence-corrected chi connectivity index (χ2v) is 7.59. The first-order chi connectivity index (χ1) is 15.4. The van der Waals surface area contributed by atoms with Gasteiger partial charge in [-0.05, 0) is 24.6 Å². The van der Waals surface area contributed by atoms with Crippen LogP contribution in [0.4, 0.5) is 11.5 Å². The third kappa shape index (κ3) is 4.70. The molecule has 0 fully saturated rings. The van der Waals surface area contributed by atoms with E-state index >= 15 is 0 Å². The molecule has 3 aromatic rings. The highest BCUT2D eigenvalue weighted by Gasteiger charge is 2.27. The number of rotatable bonds is 8. The molecule has 1 aromatic heterocycles. The van der Waals surface area contributed by atoms with Gasteiger partial charge < -0.3 is 10.5 Å². The second kappa shape index (κ2) is 10.2. The van der Waals surface area contributed by atoms with Crippen LogP contribution >= 0.6 is 11.6 Å². The molecular formula is C23H25ClN4O4. The number of anilines is 2. The molecule has 9 heteroatoms. The number of hydrogen-bond acceptors (Lipinski definition) is 5. The highest BCUT2D eigenvalue weighted by molar-refractivity contribution is 6.34. The first-order valence-electron chi connectivity index (χ1n) is 10.2. The summed E-state index contributed by atoms with van der Waals surface area (Å²) in [5.74, 6) is -0.0688. The summed E-state index contributed by atoms with van der Waals surface area (Å²) in [6.45, 7) is 2.27. The van der Waals surface area contributed by atoms with Crippen molar-refractivity contribution in [3.05, 3.63) is 85.5 Å². The first-order valence-corrected chi connectivity index (χ1v) is 10.6. The molecule has 0 aliphatic rings. The van der Waals surface area contributed by atoms with E-state index in [0.717, 1.165) is 6.42 Å². The third-order valence-corrected chi connectivity index (χ3v) is 5.42. The molecule has 1 heterocycles. The lowest BCUT2D eigenvalue weighted by Crippen LogP contribution is -2.41. The number of halogens is 1. The second-order valence-electron chi connectivity index (χ2n) is 7.18. The minimum Gasteiger partial charge on any atom is -0.496 e. The number of ether oxygens (including phenoxy) is 1. The standard InChI is InChI=1S/C23H25ClN4O4/c1-3-4-13-27-20(25)19(21(29)26-23(27)31)28(14-15-9-5-8-12-18(15)32-2)22(30)16-10-6-7-11-17(16)24/h5-12H,3-4,13-14,25H2,1-2H3,(H,26,29,31). The maximum Gasteiger partial charge on any atom is 0.330 e. The van der Waals surface area contributed by atoms with Gasteiger partial charge in [0.05, 0.1) is 24.2 Å². The quantitative estimate of drug-likeness (QED) is 0.539. The molecule has 32 heavy (non-hydrogen) atoms. The van der Waals surface area contributed by atoms with Gasteiger partial charge in [-0.2, -0.15) is 0 Å². The zero-order chi connectivity index (χ0) is 23.3. The SMILES string of the molecule is CCCCn1c(N)c(N(Cc2ccccc2OC)C(=O)c2ccccc2Cl)c(=O)[nH]c1=O. The molecule has 8 nitrogen and oxygen atoms in total. The number of aromatic amines is 1. The van der Waals surface area contributed by atoms with Gasteiger partial charge in [-0.1, -0.05) is 55.3 Å². The summed E-state index contributed by atoms with van der Waals surface area (Å²) in [5, 5.41) is 0.233. The summed E-state index contributed by atoms with van der Waals surface area (Å²) < 4.78 is 6.68. The van der Waals surface area contributed by atoms with Crippen LogP contribution in [0.15, 0.2) is 58.1 Å². The summed E-state index contributed by atoms with van der Waals surface area (Å²) in [6.07, 6.45) is 1.50. The molecule has 0 aliphatic carbocycles. The van der Waals surface area contributed by atoms with Crippen LogP contribution in [0.25, 0.3) is 0 Å². The largest absolute Gasteiger partial charge is 0.496 e. The van der Waals surface area contributed by atoms with Crippen molar-refractivity contribution >= 4 is 29.0 Å². The number of hydrogen-bond donors (Lipinski definition) is 2. The Labute approximate surface area is 190 Å². The minimum absolute atomic E-state index is 0.0205. The van der Waals surface area contributed by atoms with Crippen molar-refractivity contribution in [2.45, 2.75) is 32.9 Å². The number of H-pyrrole nitrogens is 1. The van der Waals surface area contributed by atoms with Crippen molar-refractivity contribution in [3.63, 3.8) is 0 Å². The van der Waals surface area contributed by atoms with Crippen molar-refractivity contribution in [1.29, 1.82) is 0 Å². The number of amides is 1. The first kappa shape index (κ1) is 23.1. The fourth-order valence-electron chi connectivity index (χ4n) is 3.41. The number of unbranched alkanes of at least 4 members (excludes halogenated alkanes) is 1. The number of nitrogens with zero attached hydrogens (tertiary/aromatic N) is 2. The Balaban J connectivity index is 2.21. The minimum atomic E-state index is -0.754. The van der Waals surface area contributed by atoms with E-state index in [0.29, 0.717) is 24.3 Å². The molecule has 1 amide bonds.